The molecule has 0 bridgehead atoms. The van der Waals surface area contributed by atoms with E-state index in [-0.39, 0.29) is 0 Å². The second-order valence-electron chi connectivity index (χ2n) is 3.74. The van der Waals surface area contributed by atoms with Gasteiger partial charge in [0.1, 0.15) is 0 Å². The van der Waals surface area contributed by atoms with E-state index in [9.17, 15) is 0 Å². The summed E-state index contributed by atoms with van der Waals surface area (Å²) in [4.78, 5) is 0. The van der Waals surface area contributed by atoms with E-state index in [1.54, 1.807) is 0 Å². The van der Waals surface area contributed by atoms with Crippen LogP contribution in [-0.4, -0.2) is 0 Å². The molecule has 0 atom stereocenters. The summed E-state index contributed by atoms with van der Waals surface area (Å²) >= 11 is 6.03. The maximum Gasteiger partial charge on any atom is 0.0455 e. The number of hydrogen-bond donors (Lipinski definition) is 1. The third-order valence-corrected chi connectivity index (χ3v) is 2.90. The van der Waals surface area contributed by atoms with Crippen molar-refractivity contribution in [3.05, 3.63) is 47.1 Å². The molecule has 0 aromatic heterocycles. The number of benzene rings is 1. The van der Waals surface area contributed by atoms with Gasteiger partial charge in [0.15, 0.2) is 0 Å². The molecule has 1 aromatic rings. The summed E-state index contributed by atoms with van der Waals surface area (Å²) < 4.78 is 0. The van der Waals surface area contributed by atoms with E-state index < -0.39 is 0 Å². The first kappa shape index (κ1) is 9.60. The molecule has 0 amide bonds. The maximum absolute atomic E-state index is 6.03. The van der Waals surface area contributed by atoms with E-state index in [2.05, 4.69) is 11.9 Å². The van der Waals surface area contributed by atoms with Crippen LogP contribution in [0.1, 0.15) is 18.4 Å². The molecule has 1 aromatic carbocycles. The van der Waals surface area contributed by atoms with E-state index >= 15 is 0 Å². The summed E-state index contributed by atoms with van der Waals surface area (Å²) in [5.41, 5.74) is 2.29. The van der Waals surface area contributed by atoms with E-state index in [4.69, 9.17) is 11.6 Å². The van der Waals surface area contributed by atoms with Crippen LogP contribution in [0.2, 0.25) is 5.02 Å². The lowest BCUT2D eigenvalue weighted by Gasteiger charge is -2.09. The third kappa shape index (κ3) is 2.30. The Hall–Kier alpha value is -0.950. The summed E-state index contributed by atoms with van der Waals surface area (Å²) in [5, 5.41) is 4.15. The van der Waals surface area contributed by atoms with Gasteiger partial charge in [-0.1, -0.05) is 36.4 Å². The van der Waals surface area contributed by atoms with E-state index in [1.807, 2.05) is 24.3 Å². The molecule has 1 fully saturated rings. The molecule has 0 spiro atoms. The molecule has 2 heteroatoms. The lowest BCUT2D eigenvalue weighted by Crippen LogP contribution is -2.13. The molecule has 0 radical (unpaired) electrons. The van der Waals surface area contributed by atoms with Gasteiger partial charge >= 0.3 is 0 Å². The van der Waals surface area contributed by atoms with Gasteiger partial charge in [0.25, 0.3) is 0 Å². The van der Waals surface area contributed by atoms with Gasteiger partial charge in [-0.15, -0.1) is 0 Å². The molecule has 0 aliphatic heterocycles. The van der Waals surface area contributed by atoms with Crippen LogP contribution < -0.4 is 5.32 Å². The lowest BCUT2D eigenvalue weighted by molar-refractivity contribution is 0.747. The lowest BCUT2D eigenvalue weighted by atomic mass is 10.2. The third-order valence-electron chi connectivity index (χ3n) is 2.53. The molecule has 0 unspecified atom stereocenters. The van der Waals surface area contributed by atoms with Crippen LogP contribution in [0.3, 0.4) is 0 Å². The molecule has 1 N–H and O–H groups in total. The predicted molar refractivity (Wildman–Crippen MR) is 60.2 cm³/mol. The minimum atomic E-state index is 0.706. The topological polar surface area (TPSA) is 12.0 Å². The fourth-order valence-corrected chi connectivity index (χ4v) is 1.63. The van der Waals surface area contributed by atoms with Crippen molar-refractivity contribution in [2.45, 2.75) is 19.4 Å². The van der Waals surface area contributed by atoms with E-state index in [0.29, 0.717) is 5.92 Å². The number of hydrogen-bond acceptors (Lipinski definition) is 1. The highest BCUT2D eigenvalue weighted by Crippen LogP contribution is 2.34. The summed E-state index contributed by atoms with van der Waals surface area (Å²) in [6, 6.07) is 7.90. The maximum atomic E-state index is 6.03. The molecule has 1 saturated carbocycles. The molecule has 1 aliphatic carbocycles. The van der Waals surface area contributed by atoms with Crippen molar-refractivity contribution < 1.29 is 0 Å². The van der Waals surface area contributed by atoms with Gasteiger partial charge in [-0.2, -0.15) is 0 Å². The molecule has 2 rings (SSSR count). The Labute approximate surface area is 89.8 Å². The van der Waals surface area contributed by atoms with Gasteiger partial charge in [0.05, 0.1) is 0 Å². The second kappa shape index (κ2) is 4.05. The molecule has 0 saturated heterocycles. The van der Waals surface area contributed by atoms with Crippen LogP contribution in [0.25, 0.3) is 0 Å². The zero-order chi connectivity index (χ0) is 9.97. The summed E-state index contributed by atoms with van der Waals surface area (Å²) in [6.07, 6.45) is 2.57. The zero-order valence-electron chi connectivity index (χ0n) is 8.09. The fraction of sp³-hybridized carbons (Fsp3) is 0.333. The number of allylic oxidation sites excluding steroid dienone is 1. The van der Waals surface area contributed by atoms with Crippen molar-refractivity contribution >= 4 is 11.6 Å². The Bertz CT molecular complexity index is 342. The highest BCUT2D eigenvalue weighted by Gasteiger charge is 2.24. The van der Waals surface area contributed by atoms with E-state index in [1.165, 1.54) is 12.8 Å². The van der Waals surface area contributed by atoms with Crippen LogP contribution in [0.4, 0.5) is 0 Å². The standard InChI is InChI=1S/C12H14ClN/c1-9(10-6-7-10)14-8-11-4-2-3-5-12(11)13/h2-5,10,14H,1,6-8H2. The Morgan fingerprint density at radius 1 is 1.43 bits per heavy atom. The molecule has 74 valence electrons. The van der Waals surface area contributed by atoms with Crippen LogP contribution in [-0.2, 0) is 6.54 Å². The largest absolute Gasteiger partial charge is 0.384 e. The monoisotopic (exact) mass is 207 g/mol. The molecular formula is C12H14ClN. The van der Waals surface area contributed by atoms with E-state index in [0.717, 1.165) is 22.8 Å². The predicted octanol–water partition coefficient (Wildman–Crippen LogP) is 3.35. The van der Waals surface area contributed by atoms with Crippen LogP contribution >= 0.6 is 11.6 Å². The van der Waals surface area contributed by atoms with Crippen molar-refractivity contribution in [3.8, 4) is 0 Å². The highest BCUT2D eigenvalue weighted by molar-refractivity contribution is 6.31. The van der Waals surface area contributed by atoms with Gasteiger partial charge in [0, 0.05) is 17.3 Å². The average molecular weight is 208 g/mol. The fourth-order valence-electron chi connectivity index (χ4n) is 1.43. The normalized spacial score (nSPS) is 15.2. The van der Waals surface area contributed by atoms with Gasteiger partial charge in [-0.25, -0.2) is 0 Å². The molecule has 1 aliphatic rings. The van der Waals surface area contributed by atoms with Gasteiger partial charge in [-0.3, -0.25) is 0 Å². The van der Waals surface area contributed by atoms with Crippen molar-refractivity contribution in [1.29, 1.82) is 0 Å². The number of rotatable bonds is 4. The first-order chi connectivity index (χ1) is 6.77. The van der Waals surface area contributed by atoms with Crippen molar-refractivity contribution in [2.75, 3.05) is 0 Å². The first-order valence-corrected chi connectivity index (χ1v) is 5.31. The summed E-state index contributed by atoms with van der Waals surface area (Å²) in [5.74, 6) is 0.706. The Balaban J connectivity index is 1.91. The average Bonchev–Trinajstić information content (AvgIpc) is 2.99. The second-order valence-corrected chi connectivity index (χ2v) is 4.15. The van der Waals surface area contributed by atoms with Crippen LogP contribution in [0, 0.1) is 5.92 Å². The number of halogens is 1. The van der Waals surface area contributed by atoms with Gasteiger partial charge < -0.3 is 5.32 Å². The molecule has 14 heavy (non-hydrogen) atoms. The molecular weight excluding hydrogens is 194 g/mol. The van der Waals surface area contributed by atoms with Gasteiger partial charge in [-0.05, 0) is 30.4 Å². The first-order valence-electron chi connectivity index (χ1n) is 4.93. The Morgan fingerprint density at radius 3 is 2.79 bits per heavy atom. The van der Waals surface area contributed by atoms with Gasteiger partial charge in [0.2, 0.25) is 0 Å². The minimum absolute atomic E-state index is 0.706. The smallest absolute Gasteiger partial charge is 0.0455 e. The minimum Gasteiger partial charge on any atom is -0.384 e. The quantitative estimate of drug-likeness (QED) is 0.799. The van der Waals surface area contributed by atoms with Crippen molar-refractivity contribution in [2.24, 2.45) is 5.92 Å². The molecule has 0 heterocycles. The highest BCUT2D eigenvalue weighted by atomic mass is 35.5. The van der Waals surface area contributed by atoms with Crippen molar-refractivity contribution in [1.82, 2.24) is 5.32 Å². The van der Waals surface area contributed by atoms with Crippen LogP contribution in [0.15, 0.2) is 36.5 Å². The Morgan fingerprint density at radius 2 is 2.14 bits per heavy atom. The van der Waals surface area contributed by atoms with Crippen molar-refractivity contribution in [3.63, 3.8) is 0 Å². The molecule has 1 nitrogen and oxygen atoms in total. The Kier molecular flexibility index (Phi) is 2.78. The van der Waals surface area contributed by atoms with Crippen LogP contribution in [0.5, 0.6) is 0 Å². The number of nitrogens with one attached hydrogen (secondary N) is 1. The SMILES string of the molecule is C=C(NCc1ccccc1Cl)C1CC1. The summed E-state index contributed by atoms with van der Waals surface area (Å²) in [6.45, 7) is 4.79. The summed E-state index contributed by atoms with van der Waals surface area (Å²) in [7, 11) is 0. The zero-order valence-corrected chi connectivity index (χ0v) is 8.85.